The van der Waals surface area contributed by atoms with E-state index in [-0.39, 0.29) is 0 Å². The molecule has 3 N–H and O–H groups in total. The average Bonchev–Trinajstić information content (AvgIpc) is 3.38. The number of furan rings is 1. The van der Waals surface area contributed by atoms with Crippen LogP contribution < -0.4 is 10.9 Å². The molecular formula is C19H14N4O3. The summed E-state index contributed by atoms with van der Waals surface area (Å²) in [7, 11) is 0. The number of benzene rings is 1. The van der Waals surface area contributed by atoms with Crippen molar-refractivity contribution in [3.8, 4) is 11.5 Å². The van der Waals surface area contributed by atoms with Crippen molar-refractivity contribution in [1.82, 2.24) is 20.8 Å². The number of rotatable bonds is 3. The van der Waals surface area contributed by atoms with E-state index in [9.17, 15) is 9.59 Å². The second-order valence-electron chi connectivity index (χ2n) is 5.54. The first kappa shape index (κ1) is 15.6. The summed E-state index contributed by atoms with van der Waals surface area (Å²) < 4.78 is 5.38. The fourth-order valence-corrected chi connectivity index (χ4v) is 2.63. The van der Waals surface area contributed by atoms with Gasteiger partial charge in [-0.15, -0.1) is 0 Å². The number of aromatic nitrogens is 2. The molecule has 3 aromatic heterocycles. The van der Waals surface area contributed by atoms with Crippen molar-refractivity contribution in [2.75, 3.05) is 0 Å². The highest BCUT2D eigenvalue weighted by atomic mass is 16.3. The van der Waals surface area contributed by atoms with Crippen LogP contribution in [0, 0.1) is 0 Å². The first-order chi connectivity index (χ1) is 12.7. The van der Waals surface area contributed by atoms with Crippen LogP contribution in [0.4, 0.5) is 0 Å². The summed E-state index contributed by atoms with van der Waals surface area (Å²) >= 11 is 0. The lowest BCUT2D eigenvalue weighted by Gasteiger charge is -2.10. The van der Waals surface area contributed by atoms with Gasteiger partial charge < -0.3 is 9.40 Å². The van der Waals surface area contributed by atoms with Gasteiger partial charge in [-0.25, -0.2) is 4.98 Å². The van der Waals surface area contributed by atoms with Gasteiger partial charge in [-0.1, -0.05) is 18.2 Å². The number of nitrogens with zero attached hydrogens (tertiary/aromatic N) is 1. The molecule has 2 amide bonds. The van der Waals surface area contributed by atoms with Crippen LogP contribution in [-0.4, -0.2) is 21.8 Å². The van der Waals surface area contributed by atoms with Crippen molar-refractivity contribution >= 4 is 22.7 Å². The monoisotopic (exact) mass is 346 g/mol. The van der Waals surface area contributed by atoms with E-state index >= 15 is 0 Å². The minimum Gasteiger partial charge on any atom is -0.463 e. The lowest BCUT2D eigenvalue weighted by atomic mass is 10.1. The minimum atomic E-state index is -0.448. The topological polar surface area (TPSA) is 100 Å². The van der Waals surface area contributed by atoms with Crippen LogP contribution in [0.25, 0.3) is 22.4 Å². The Labute approximate surface area is 148 Å². The highest BCUT2D eigenvalue weighted by molar-refractivity contribution is 6.08. The molecule has 0 atom stereocenters. The third-order valence-electron chi connectivity index (χ3n) is 3.87. The SMILES string of the molecule is O=C(NNC(=O)c1cc(-c2ccco2)nc2ccccc12)c1ccc[nH]1. The quantitative estimate of drug-likeness (QED) is 0.497. The summed E-state index contributed by atoms with van der Waals surface area (Å²) in [5.41, 5.74) is 6.75. The van der Waals surface area contributed by atoms with Crippen LogP contribution in [0.15, 0.2) is 71.5 Å². The van der Waals surface area contributed by atoms with Crippen LogP contribution >= 0.6 is 0 Å². The van der Waals surface area contributed by atoms with Crippen molar-refractivity contribution in [3.05, 3.63) is 78.3 Å². The van der Waals surface area contributed by atoms with Crippen molar-refractivity contribution in [3.63, 3.8) is 0 Å². The number of fused-ring (bicyclic) bond motifs is 1. The van der Waals surface area contributed by atoms with E-state index in [2.05, 4.69) is 20.8 Å². The Hall–Kier alpha value is -3.87. The molecule has 0 aliphatic heterocycles. The number of hydrogen-bond donors (Lipinski definition) is 3. The third-order valence-corrected chi connectivity index (χ3v) is 3.87. The van der Waals surface area contributed by atoms with E-state index in [0.29, 0.717) is 33.6 Å². The number of hydrogen-bond acceptors (Lipinski definition) is 4. The lowest BCUT2D eigenvalue weighted by molar-refractivity contribution is 0.0845. The molecule has 3 heterocycles. The molecule has 0 unspecified atom stereocenters. The number of H-pyrrole nitrogens is 1. The second kappa shape index (κ2) is 6.56. The maximum absolute atomic E-state index is 12.7. The van der Waals surface area contributed by atoms with E-state index in [4.69, 9.17) is 4.42 Å². The van der Waals surface area contributed by atoms with Gasteiger partial charge in [0.05, 0.1) is 17.3 Å². The molecule has 7 heteroatoms. The molecule has 0 aliphatic carbocycles. The van der Waals surface area contributed by atoms with Gasteiger partial charge in [-0.2, -0.15) is 0 Å². The molecule has 7 nitrogen and oxygen atoms in total. The molecule has 0 saturated carbocycles. The molecule has 0 radical (unpaired) electrons. The maximum atomic E-state index is 12.7. The third kappa shape index (κ3) is 2.93. The predicted octanol–water partition coefficient (Wildman–Crippen LogP) is 2.90. The van der Waals surface area contributed by atoms with Crippen LogP contribution in [0.1, 0.15) is 20.8 Å². The molecule has 0 saturated heterocycles. The summed E-state index contributed by atoms with van der Waals surface area (Å²) in [6.07, 6.45) is 3.17. The van der Waals surface area contributed by atoms with E-state index in [1.165, 1.54) is 0 Å². The number of hydrazine groups is 1. The molecule has 0 aliphatic rings. The van der Waals surface area contributed by atoms with Gasteiger partial charge in [0.2, 0.25) is 0 Å². The number of carbonyl (C=O) groups excluding carboxylic acids is 2. The van der Waals surface area contributed by atoms with Crippen molar-refractivity contribution < 1.29 is 14.0 Å². The van der Waals surface area contributed by atoms with Gasteiger partial charge in [0.25, 0.3) is 11.8 Å². The van der Waals surface area contributed by atoms with Crippen LogP contribution in [0.2, 0.25) is 0 Å². The molecule has 0 bridgehead atoms. The van der Waals surface area contributed by atoms with E-state index in [0.717, 1.165) is 0 Å². The zero-order chi connectivity index (χ0) is 17.9. The summed E-state index contributed by atoms with van der Waals surface area (Å²) in [6.45, 7) is 0. The number of nitrogens with one attached hydrogen (secondary N) is 3. The van der Waals surface area contributed by atoms with Crippen LogP contribution in [0.3, 0.4) is 0 Å². The number of amides is 2. The largest absolute Gasteiger partial charge is 0.463 e. The van der Waals surface area contributed by atoms with Crippen molar-refractivity contribution in [1.29, 1.82) is 0 Å². The molecule has 26 heavy (non-hydrogen) atoms. The Bertz CT molecular complexity index is 1070. The van der Waals surface area contributed by atoms with Gasteiger partial charge in [-0.05, 0) is 36.4 Å². The molecule has 1 aromatic carbocycles. The molecule has 128 valence electrons. The number of para-hydroxylation sites is 1. The molecule has 0 fully saturated rings. The fraction of sp³-hybridized carbons (Fsp3) is 0. The summed E-state index contributed by atoms with van der Waals surface area (Å²) in [5.74, 6) is -0.329. The Morgan fingerprint density at radius 2 is 1.81 bits per heavy atom. The maximum Gasteiger partial charge on any atom is 0.286 e. The Morgan fingerprint density at radius 1 is 0.962 bits per heavy atom. The van der Waals surface area contributed by atoms with Gasteiger partial charge in [0, 0.05) is 11.6 Å². The average molecular weight is 346 g/mol. The Balaban J connectivity index is 1.66. The van der Waals surface area contributed by atoms with E-state index in [1.54, 1.807) is 48.9 Å². The number of pyridine rings is 1. The Kier molecular flexibility index (Phi) is 3.95. The summed E-state index contributed by atoms with van der Waals surface area (Å²) in [4.78, 5) is 31.9. The highest BCUT2D eigenvalue weighted by Crippen LogP contribution is 2.25. The zero-order valence-corrected chi connectivity index (χ0v) is 13.5. The van der Waals surface area contributed by atoms with Gasteiger partial charge >= 0.3 is 0 Å². The number of carbonyl (C=O) groups is 2. The van der Waals surface area contributed by atoms with E-state index < -0.39 is 11.8 Å². The van der Waals surface area contributed by atoms with Crippen molar-refractivity contribution in [2.24, 2.45) is 0 Å². The fourth-order valence-electron chi connectivity index (χ4n) is 2.63. The van der Waals surface area contributed by atoms with Crippen LogP contribution in [0.5, 0.6) is 0 Å². The first-order valence-corrected chi connectivity index (χ1v) is 7.90. The van der Waals surface area contributed by atoms with Gasteiger partial charge in [0.15, 0.2) is 5.76 Å². The molecule has 4 aromatic rings. The Morgan fingerprint density at radius 3 is 2.58 bits per heavy atom. The standard InChI is InChI=1S/C19H14N4O3/c24-18(22-23-19(25)15-7-3-9-20-15)13-11-16(17-8-4-10-26-17)21-14-6-2-1-5-12(13)14/h1-11,20H,(H,22,24)(H,23,25). The van der Waals surface area contributed by atoms with Crippen molar-refractivity contribution in [2.45, 2.75) is 0 Å². The minimum absolute atomic E-state index is 0.348. The normalized spacial score (nSPS) is 10.6. The predicted molar refractivity (Wildman–Crippen MR) is 95.2 cm³/mol. The summed E-state index contributed by atoms with van der Waals surface area (Å²) in [6, 6.07) is 15.7. The highest BCUT2D eigenvalue weighted by Gasteiger charge is 2.16. The lowest BCUT2D eigenvalue weighted by Crippen LogP contribution is -2.41. The second-order valence-corrected chi connectivity index (χ2v) is 5.54. The zero-order valence-electron chi connectivity index (χ0n) is 13.5. The summed E-state index contributed by atoms with van der Waals surface area (Å²) in [5, 5.41) is 0.675. The molecule has 4 rings (SSSR count). The molecule has 0 spiro atoms. The number of aromatic amines is 1. The van der Waals surface area contributed by atoms with Crippen LogP contribution in [-0.2, 0) is 0 Å². The van der Waals surface area contributed by atoms with E-state index in [1.807, 2.05) is 18.2 Å². The first-order valence-electron chi connectivity index (χ1n) is 7.90. The smallest absolute Gasteiger partial charge is 0.286 e. The van der Waals surface area contributed by atoms with Gasteiger partial charge in [-0.3, -0.25) is 20.4 Å². The molecular weight excluding hydrogens is 332 g/mol. The van der Waals surface area contributed by atoms with Gasteiger partial charge in [0.1, 0.15) is 11.4 Å².